The third kappa shape index (κ3) is 3.30. The van der Waals surface area contributed by atoms with Crippen molar-refractivity contribution in [2.24, 2.45) is 5.73 Å². The minimum absolute atomic E-state index is 0.0101. The second kappa shape index (κ2) is 6.43. The molecule has 1 aliphatic heterocycles. The lowest BCUT2D eigenvalue weighted by molar-refractivity contribution is -0.0941. The molecular formula is C14H23N3O2. The number of pyridine rings is 1. The summed E-state index contributed by atoms with van der Waals surface area (Å²) >= 11 is 0. The Kier molecular flexibility index (Phi) is 4.87. The van der Waals surface area contributed by atoms with E-state index in [1.165, 1.54) is 0 Å². The first kappa shape index (κ1) is 14.4. The van der Waals surface area contributed by atoms with E-state index in [-0.39, 0.29) is 30.8 Å². The molecule has 1 fully saturated rings. The molecule has 0 aromatic carbocycles. The van der Waals surface area contributed by atoms with E-state index >= 15 is 0 Å². The van der Waals surface area contributed by atoms with Crippen molar-refractivity contribution in [3.05, 3.63) is 30.1 Å². The van der Waals surface area contributed by atoms with Gasteiger partial charge in [-0.1, -0.05) is 6.07 Å². The van der Waals surface area contributed by atoms with Crippen molar-refractivity contribution >= 4 is 0 Å². The maximum atomic E-state index is 9.29. The van der Waals surface area contributed by atoms with Gasteiger partial charge in [0.1, 0.15) is 0 Å². The Hall–Kier alpha value is -1.01. The average molecular weight is 265 g/mol. The van der Waals surface area contributed by atoms with E-state index < -0.39 is 0 Å². The Morgan fingerprint density at radius 3 is 3.00 bits per heavy atom. The van der Waals surface area contributed by atoms with E-state index in [1.807, 2.05) is 19.2 Å². The molecule has 4 unspecified atom stereocenters. The molecule has 5 nitrogen and oxygen atoms in total. The maximum Gasteiger partial charge on any atom is 0.0933 e. The summed E-state index contributed by atoms with van der Waals surface area (Å²) in [6.07, 6.45) is 3.50. The fraction of sp³-hybridized carbons (Fsp3) is 0.643. The SMILES string of the molecule is CC(N)C(c1cccnc1)N1CC(CO)OCC1C. The zero-order valence-electron chi connectivity index (χ0n) is 11.6. The maximum absolute atomic E-state index is 9.29. The molecule has 1 aliphatic rings. The lowest BCUT2D eigenvalue weighted by Crippen LogP contribution is -2.54. The number of hydrogen-bond acceptors (Lipinski definition) is 5. The zero-order valence-corrected chi connectivity index (χ0v) is 11.6. The van der Waals surface area contributed by atoms with Gasteiger partial charge in [-0.15, -0.1) is 0 Å². The number of aliphatic hydroxyl groups excluding tert-OH is 1. The first-order chi connectivity index (χ1) is 9.13. The summed E-state index contributed by atoms with van der Waals surface area (Å²) in [4.78, 5) is 6.50. The van der Waals surface area contributed by atoms with Crippen molar-refractivity contribution in [1.29, 1.82) is 0 Å². The van der Waals surface area contributed by atoms with Gasteiger partial charge in [0.25, 0.3) is 0 Å². The molecule has 0 radical (unpaired) electrons. The summed E-state index contributed by atoms with van der Waals surface area (Å²) in [5.74, 6) is 0. The lowest BCUT2D eigenvalue weighted by Gasteiger charge is -2.43. The van der Waals surface area contributed by atoms with Crippen molar-refractivity contribution in [1.82, 2.24) is 9.88 Å². The molecule has 0 amide bonds. The van der Waals surface area contributed by atoms with Gasteiger partial charge < -0.3 is 15.6 Å². The van der Waals surface area contributed by atoms with Crippen molar-refractivity contribution in [2.75, 3.05) is 19.8 Å². The summed E-state index contributed by atoms with van der Waals surface area (Å²) < 4.78 is 5.59. The number of aliphatic hydroxyl groups is 1. The van der Waals surface area contributed by atoms with Crippen LogP contribution in [0, 0.1) is 0 Å². The van der Waals surface area contributed by atoms with Crippen molar-refractivity contribution in [3.8, 4) is 0 Å². The zero-order chi connectivity index (χ0) is 13.8. The molecule has 1 aromatic heterocycles. The van der Waals surface area contributed by atoms with Crippen LogP contribution < -0.4 is 5.73 Å². The van der Waals surface area contributed by atoms with Crippen LogP contribution in [0.3, 0.4) is 0 Å². The second-order valence-electron chi connectivity index (χ2n) is 5.27. The highest BCUT2D eigenvalue weighted by Gasteiger charge is 2.33. The largest absolute Gasteiger partial charge is 0.394 e. The molecule has 0 spiro atoms. The normalized spacial score (nSPS) is 28.0. The summed E-state index contributed by atoms with van der Waals surface area (Å²) in [7, 11) is 0. The average Bonchev–Trinajstić information content (AvgIpc) is 2.42. The highest BCUT2D eigenvalue weighted by atomic mass is 16.5. The first-order valence-electron chi connectivity index (χ1n) is 6.77. The highest BCUT2D eigenvalue weighted by Crippen LogP contribution is 2.28. The number of aromatic nitrogens is 1. The smallest absolute Gasteiger partial charge is 0.0933 e. The molecular weight excluding hydrogens is 242 g/mol. The first-order valence-corrected chi connectivity index (χ1v) is 6.77. The lowest BCUT2D eigenvalue weighted by atomic mass is 9.98. The minimum atomic E-state index is -0.130. The van der Waals surface area contributed by atoms with Crippen LogP contribution in [0.1, 0.15) is 25.5 Å². The number of ether oxygens (including phenoxy) is 1. The number of rotatable bonds is 4. The van der Waals surface area contributed by atoms with Crippen molar-refractivity contribution in [3.63, 3.8) is 0 Å². The molecule has 0 bridgehead atoms. The van der Waals surface area contributed by atoms with Crippen LogP contribution in [-0.4, -0.2) is 52.9 Å². The molecule has 0 saturated carbocycles. The molecule has 1 saturated heterocycles. The molecule has 4 atom stereocenters. The number of morpholine rings is 1. The summed E-state index contributed by atoms with van der Waals surface area (Å²) in [5.41, 5.74) is 7.29. The second-order valence-corrected chi connectivity index (χ2v) is 5.27. The van der Waals surface area contributed by atoms with Gasteiger partial charge in [0.05, 0.1) is 25.4 Å². The van der Waals surface area contributed by atoms with Crippen LogP contribution in [0.25, 0.3) is 0 Å². The summed E-state index contributed by atoms with van der Waals surface area (Å²) in [6, 6.07) is 4.35. The monoisotopic (exact) mass is 265 g/mol. The van der Waals surface area contributed by atoms with E-state index in [0.29, 0.717) is 13.2 Å². The summed E-state index contributed by atoms with van der Waals surface area (Å²) in [6.45, 7) is 5.49. The molecule has 2 rings (SSSR count). The third-order valence-corrected chi connectivity index (χ3v) is 3.64. The molecule has 3 N–H and O–H groups in total. The molecule has 0 aliphatic carbocycles. The molecule has 5 heteroatoms. The van der Waals surface area contributed by atoms with Gasteiger partial charge in [-0.25, -0.2) is 0 Å². The van der Waals surface area contributed by atoms with Crippen LogP contribution in [0.5, 0.6) is 0 Å². The highest BCUT2D eigenvalue weighted by molar-refractivity contribution is 5.16. The third-order valence-electron chi connectivity index (χ3n) is 3.64. The van der Waals surface area contributed by atoms with Crippen LogP contribution in [0.2, 0.25) is 0 Å². The van der Waals surface area contributed by atoms with Gasteiger partial charge in [0, 0.05) is 31.0 Å². The number of nitrogens with two attached hydrogens (primary N) is 1. The Morgan fingerprint density at radius 1 is 1.63 bits per heavy atom. The predicted molar refractivity (Wildman–Crippen MR) is 73.6 cm³/mol. The van der Waals surface area contributed by atoms with E-state index in [9.17, 15) is 5.11 Å². The Bertz CT molecular complexity index is 386. The Balaban J connectivity index is 2.23. The topological polar surface area (TPSA) is 71.6 Å². The van der Waals surface area contributed by atoms with Gasteiger partial charge in [-0.2, -0.15) is 0 Å². The molecule has 106 valence electrons. The molecule has 19 heavy (non-hydrogen) atoms. The fourth-order valence-corrected chi connectivity index (χ4v) is 2.69. The van der Waals surface area contributed by atoms with Crippen LogP contribution in [-0.2, 0) is 4.74 Å². The minimum Gasteiger partial charge on any atom is -0.394 e. The van der Waals surface area contributed by atoms with Gasteiger partial charge in [-0.3, -0.25) is 9.88 Å². The van der Waals surface area contributed by atoms with Gasteiger partial charge in [0.15, 0.2) is 0 Å². The van der Waals surface area contributed by atoms with E-state index in [2.05, 4.69) is 22.9 Å². The van der Waals surface area contributed by atoms with Crippen LogP contribution >= 0.6 is 0 Å². The van der Waals surface area contributed by atoms with Gasteiger partial charge >= 0.3 is 0 Å². The van der Waals surface area contributed by atoms with Gasteiger partial charge in [-0.05, 0) is 25.5 Å². The van der Waals surface area contributed by atoms with Crippen molar-refractivity contribution in [2.45, 2.75) is 38.1 Å². The Morgan fingerprint density at radius 2 is 2.42 bits per heavy atom. The number of hydrogen-bond donors (Lipinski definition) is 2. The van der Waals surface area contributed by atoms with E-state index in [0.717, 1.165) is 5.56 Å². The summed E-state index contributed by atoms with van der Waals surface area (Å²) in [5, 5.41) is 9.29. The quantitative estimate of drug-likeness (QED) is 0.832. The fourth-order valence-electron chi connectivity index (χ4n) is 2.69. The van der Waals surface area contributed by atoms with E-state index in [4.69, 9.17) is 10.5 Å². The molecule has 2 heterocycles. The van der Waals surface area contributed by atoms with Gasteiger partial charge in [0.2, 0.25) is 0 Å². The molecule has 1 aromatic rings. The Labute approximate surface area is 114 Å². The standard InChI is InChI=1S/C14H23N3O2/c1-10-9-19-13(8-18)7-17(10)14(11(2)15)12-4-3-5-16-6-12/h3-6,10-11,13-14,18H,7-9,15H2,1-2H3. The van der Waals surface area contributed by atoms with Crippen LogP contribution in [0.4, 0.5) is 0 Å². The van der Waals surface area contributed by atoms with E-state index in [1.54, 1.807) is 6.20 Å². The predicted octanol–water partition coefficient (Wildman–Crippen LogP) is 0.551. The van der Waals surface area contributed by atoms with Crippen LogP contribution in [0.15, 0.2) is 24.5 Å². The number of nitrogens with zero attached hydrogens (tertiary/aromatic N) is 2. The van der Waals surface area contributed by atoms with Crippen molar-refractivity contribution < 1.29 is 9.84 Å².